The highest BCUT2D eigenvalue weighted by molar-refractivity contribution is 5.28. The Morgan fingerprint density at radius 3 is 2.68 bits per heavy atom. The molecule has 0 bridgehead atoms. The quantitative estimate of drug-likeness (QED) is 0.769. The van der Waals surface area contributed by atoms with Gasteiger partial charge < -0.3 is 4.42 Å². The van der Waals surface area contributed by atoms with Gasteiger partial charge in [-0.15, -0.1) is 10.2 Å². The lowest BCUT2D eigenvalue weighted by Crippen LogP contribution is -2.16. The summed E-state index contributed by atoms with van der Waals surface area (Å²) in [5.41, 5.74) is 2.47. The van der Waals surface area contributed by atoms with Gasteiger partial charge in [-0.1, -0.05) is 23.8 Å². The van der Waals surface area contributed by atoms with Crippen LogP contribution in [0.25, 0.3) is 0 Å². The van der Waals surface area contributed by atoms with E-state index < -0.39 is 0 Å². The molecule has 0 radical (unpaired) electrons. The first-order chi connectivity index (χ1) is 9.24. The lowest BCUT2D eigenvalue weighted by atomic mass is 9.76. The van der Waals surface area contributed by atoms with E-state index in [0.717, 1.165) is 18.4 Å². The molecular formula is C15H15FN2O. The standard InChI is InChI=1S/C15H15FN2O/c1-10-2-7-13(15-18-17-9-19-15)14(8-10)11-3-5-12(16)6-4-11/h2-6,9,13-14H,7-8H2,1H3/t13-,14+/m1/s1. The predicted octanol–water partition coefficient (Wildman–Crippen LogP) is 3.82. The fourth-order valence-electron chi connectivity index (χ4n) is 2.74. The van der Waals surface area contributed by atoms with Gasteiger partial charge in [-0.25, -0.2) is 4.39 Å². The maximum Gasteiger partial charge on any atom is 0.220 e. The Morgan fingerprint density at radius 1 is 1.21 bits per heavy atom. The molecule has 0 amide bonds. The number of halogens is 1. The van der Waals surface area contributed by atoms with Crippen LogP contribution in [0.3, 0.4) is 0 Å². The highest BCUT2D eigenvalue weighted by Crippen LogP contribution is 2.42. The molecule has 0 N–H and O–H groups in total. The van der Waals surface area contributed by atoms with E-state index in [4.69, 9.17) is 4.42 Å². The Kier molecular flexibility index (Phi) is 3.15. The molecule has 2 atom stereocenters. The lowest BCUT2D eigenvalue weighted by Gasteiger charge is -2.28. The zero-order chi connectivity index (χ0) is 13.2. The van der Waals surface area contributed by atoms with Gasteiger partial charge in [0.1, 0.15) is 5.82 Å². The molecular weight excluding hydrogens is 243 g/mol. The summed E-state index contributed by atoms with van der Waals surface area (Å²) in [6, 6.07) is 6.71. The maximum atomic E-state index is 13.0. The van der Waals surface area contributed by atoms with Crippen LogP contribution in [0.15, 0.2) is 46.7 Å². The SMILES string of the molecule is CC1=CC[C@@H](c2nnco2)[C@H](c2ccc(F)cc2)C1. The van der Waals surface area contributed by atoms with Crippen LogP contribution in [0.1, 0.15) is 43.1 Å². The Morgan fingerprint density at radius 2 is 2.00 bits per heavy atom. The van der Waals surface area contributed by atoms with Crippen molar-refractivity contribution in [3.8, 4) is 0 Å². The second-order valence-corrected chi connectivity index (χ2v) is 5.03. The van der Waals surface area contributed by atoms with E-state index in [-0.39, 0.29) is 17.7 Å². The van der Waals surface area contributed by atoms with Gasteiger partial charge in [-0.3, -0.25) is 0 Å². The molecule has 98 valence electrons. The van der Waals surface area contributed by atoms with Crippen LogP contribution in [-0.2, 0) is 0 Å². The topological polar surface area (TPSA) is 38.9 Å². The number of rotatable bonds is 2. The van der Waals surface area contributed by atoms with Gasteiger partial charge >= 0.3 is 0 Å². The first-order valence-electron chi connectivity index (χ1n) is 6.41. The summed E-state index contributed by atoms with van der Waals surface area (Å²) >= 11 is 0. The first kappa shape index (κ1) is 12.1. The maximum absolute atomic E-state index is 13.0. The molecule has 1 aromatic heterocycles. The van der Waals surface area contributed by atoms with Crippen LogP contribution in [0.5, 0.6) is 0 Å². The molecule has 1 aromatic carbocycles. The van der Waals surface area contributed by atoms with Crippen molar-refractivity contribution >= 4 is 0 Å². The van der Waals surface area contributed by atoms with E-state index in [0.29, 0.717) is 5.89 Å². The number of hydrogen-bond acceptors (Lipinski definition) is 3. The van der Waals surface area contributed by atoms with Crippen LogP contribution in [0.2, 0.25) is 0 Å². The van der Waals surface area contributed by atoms with Crippen LogP contribution in [-0.4, -0.2) is 10.2 Å². The van der Waals surface area contributed by atoms with Crippen molar-refractivity contribution < 1.29 is 8.81 Å². The molecule has 3 nitrogen and oxygen atoms in total. The average molecular weight is 258 g/mol. The third-order valence-corrected chi connectivity index (χ3v) is 3.74. The normalized spacial score (nSPS) is 23.2. The van der Waals surface area contributed by atoms with Crippen LogP contribution in [0.4, 0.5) is 4.39 Å². The largest absolute Gasteiger partial charge is 0.428 e. The summed E-state index contributed by atoms with van der Waals surface area (Å²) in [5.74, 6) is 0.905. The monoisotopic (exact) mass is 258 g/mol. The molecule has 0 spiro atoms. The number of aromatic nitrogens is 2. The minimum Gasteiger partial charge on any atom is -0.428 e. The molecule has 3 rings (SSSR count). The molecule has 0 unspecified atom stereocenters. The smallest absolute Gasteiger partial charge is 0.220 e. The Bertz CT molecular complexity index is 575. The van der Waals surface area contributed by atoms with Crippen molar-refractivity contribution in [2.75, 3.05) is 0 Å². The highest BCUT2D eigenvalue weighted by atomic mass is 19.1. The molecule has 0 aliphatic heterocycles. The average Bonchev–Trinajstić information content (AvgIpc) is 2.93. The third kappa shape index (κ3) is 2.43. The van der Waals surface area contributed by atoms with Crippen molar-refractivity contribution in [1.82, 2.24) is 10.2 Å². The summed E-state index contributed by atoms with van der Waals surface area (Å²) in [5, 5.41) is 7.80. The van der Waals surface area contributed by atoms with E-state index in [1.807, 2.05) is 12.1 Å². The highest BCUT2D eigenvalue weighted by Gasteiger charge is 2.30. The summed E-state index contributed by atoms with van der Waals surface area (Å²) in [6.07, 6.45) is 5.41. The van der Waals surface area contributed by atoms with E-state index in [1.54, 1.807) is 0 Å². The molecule has 4 heteroatoms. The summed E-state index contributed by atoms with van der Waals surface area (Å²) in [6.45, 7) is 2.13. The minimum absolute atomic E-state index is 0.177. The molecule has 19 heavy (non-hydrogen) atoms. The molecule has 1 aliphatic rings. The second kappa shape index (κ2) is 4.96. The molecule has 1 heterocycles. The zero-order valence-corrected chi connectivity index (χ0v) is 10.7. The molecule has 2 aromatic rings. The van der Waals surface area contributed by atoms with Crippen LogP contribution in [0, 0.1) is 5.82 Å². The van der Waals surface area contributed by atoms with E-state index in [9.17, 15) is 4.39 Å². The van der Waals surface area contributed by atoms with Gasteiger partial charge in [-0.05, 0) is 43.4 Å². The molecule has 0 saturated heterocycles. The van der Waals surface area contributed by atoms with Gasteiger partial charge in [0, 0.05) is 5.92 Å². The van der Waals surface area contributed by atoms with Gasteiger partial charge in [0.25, 0.3) is 0 Å². The Hall–Kier alpha value is -1.97. The second-order valence-electron chi connectivity index (χ2n) is 5.03. The number of nitrogens with zero attached hydrogens (tertiary/aromatic N) is 2. The van der Waals surface area contributed by atoms with Crippen LogP contribution < -0.4 is 0 Å². The van der Waals surface area contributed by atoms with Gasteiger partial charge in [-0.2, -0.15) is 0 Å². The third-order valence-electron chi connectivity index (χ3n) is 3.74. The number of hydrogen-bond donors (Lipinski definition) is 0. The molecule has 0 saturated carbocycles. The van der Waals surface area contributed by atoms with E-state index >= 15 is 0 Å². The van der Waals surface area contributed by atoms with Gasteiger partial charge in [0.15, 0.2) is 0 Å². The van der Waals surface area contributed by atoms with E-state index in [2.05, 4.69) is 23.2 Å². The van der Waals surface area contributed by atoms with Gasteiger partial charge in [0.2, 0.25) is 12.3 Å². The molecule has 0 fully saturated rings. The summed E-state index contributed by atoms with van der Waals surface area (Å²) < 4.78 is 18.4. The molecule has 1 aliphatic carbocycles. The van der Waals surface area contributed by atoms with Gasteiger partial charge in [0.05, 0.1) is 0 Å². The fraction of sp³-hybridized carbons (Fsp3) is 0.333. The lowest BCUT2D eigenvalue weighted by molar-refractivity contribution is 0.391. The first-order valence-corrected chi connectivity index (χ1v) is 6.41. The van der Waals surface area contributed by atoms with Crippen molar-refractivity contribution in [3.63, 3.8) is 0 Å². The van der Waals surface area contributed by atoms with Crippen LogP contribution >= 0.6 is 0 Å². The van der Waals surface area contributed by atoms with E-state index in [1.165, 1.54) is 24.1 Å². The summed E-state index contributed by atoms with van der Waals surface area (Å²) in [4.78, 5) is 0. The number of allylic oxidation sites excluding steroid dienone is 2. The zero-order valence-electron chi connectivity index (χ0n) is 10.7. The van der Waals surface area contributed by atoms with Crippen molar-refractivity contribution in [1.29, 1.82) is 0 Å². The van der Waals surface area contributed by atoms with Crippen molar-refractivity contribution in [3.05, 3.63) is 59.6 Å². The Balaban J connectivity index is 1.96. The minimum atomic E-state index is -0.207. The Labute approximate surface area is 111 Å². The van der Waals surface area contributed by atoms with Crippen molar-refractivity contribution in [2.45, 2.75) is 31.6 Å². The fourth-order valence-corrected chi connectivity index (χ4v) is 2.74. The number of benzene rings is 1. The summed E-state index contributed by atoms with van der Waals surface area (Å²) in [7, 11) is 0. The predicted molar refractivity (Wildman–Crippen MR) is 69.2 cm³/mol. The van der Waals surface area contributed by atoms with Crippen molar-refractivity contribution in [2.24, 2.45) is 0 Å².